The second kappa shape index (κ2) is 6.70. The van der Waals surface area contributed by atoms with E-state index in [2.05, 4.69) is 14.7 Å². The number of halogens is 1. The molecule has 1 heterocycles. The maximum Gasteiger partial charge on any atom is 0.337 e. The highest BCUT2D eigenvalue weighted by atomic mass is 35.5. The highest BCUT2D eigenvalue weighted by Gasteiger charge is 2.20. The molecule has 8 nitrogen and oxygen atoms in total. The fraction of sp³-hybridized carbons (Fsp3) is 0.0625. The fourth-order valence-electron chi connectivity index (χ4n) is 2.18. The lowest BCUT2D eigenvalue weighted by Crippen LogP contribution is -2.03. The topological polar surface area (TPSA) is 104 Å². The molecule has 126 valence electrons. The molecule has 0 N–H and O–H groups in total. The zero-order valence-corrected chi connectivity index (χ0v) is 13.6. The zero-order chi connectivity index (χ0) is 18.0. The number of nitro benzene ring substituents is 1. The first kappa shape index (κ1) is 16.6. The summed E-state index contributed by atoms with van der Waals surface area (Å²) < 4.78 is 10.2. The number of ether oxygens (including phenoxy) is 2. The van der Waals surface area contributed by atoms with Crippen LogP contribution in [0.5, 0.6) is 11.6 Å². The molecule has 3 aromatic rings. The highest BCUT2D eigenvalue weighted by molar-refractivity contribution is 6.31. The van der Waals surface area contributed by atoms with Gasteiger partial charge in [-0.2, -0.15) is 0 Å². The minimum atomic E-state index is -0.640. The summed E-state index contributed by atoms with van der Waals surface area (Å²) in [5.74, 6) is -0.672. The van der Waals surface area contributed by atoms with Crippen LogP contribution < -0.4 is 4.74 Å². The molecule has 0 spiro atoms. The van der Waals surface area contributed by atoms with Gasteiger partial charge in [-0.25, -0.2) is 14.8 Å². The lowest BCUT2D eigenvalue weighted by atomic mass is 10.2. The summed E-state index contributed by atoms with van der Waals surface area (Å²) in [5.41, 5.74) is 0.321. The first-order valence-electron chi connectivity index (χ1n) is 6.94. The normalized spacial score (nSPS) is 10.5. The molecule has 0 aliphatic rings. The van der Waals surface area contributed by atoms with Gasteiger partial charge in [-0.3, -0.25) is 10.1 Å². The van der Waals surface area contributed by atoms with Gasteiger partial charge in [0.2, 0.25) is 11.6 Å². The number of hydrogen-bond acceptors (Lipinski definition) is 7. The highest BCUT2D eigenvalue weighted by Crippen LogP contribution is 2.34. The van der Waals surface area contributed by atoms with Gasteiger partial charge in [0.1, 0.15) is 6.33 Å². The van der Waals surface area contributed by atoms with Gasteiger partial charge in [0.05, 0.1) is 28.5 Å². The van der Waals surface area contributed by atoms with Gasteiger partial charge in [-0.15, -0.1) is 0 Å². The van der Waals surface area contributed by atoms with Crippen molar-refractivity contribution < 1.29 is 19.2 Å². The number of benzene rings is 2. The van der Waals surface area contributed by atoms with Crippen LogP contribution in [0.15, 0.2) is 42.7 Å². The summed E-state index contributed by atoms with van der Waals surface area (Å²) in [6.07, 6.45) is 1.25. The summed E-state index contributed by atoms with van der Waals surface area (Å²) in [6, 6.07) is 8.57. The smallest absolute Gasteiger partial charge is 0.337 e. The molecular formula is C16H10ClN3O5. The van der Waals surface area contributed by atoms with Crippen molar-refractivity contribution in [2.45, 2.75) is 0 Å². The molecule has 0 radical (unpaired) electrons. The van der Waals surface area contributed by atoms with E-state index in [1.54, 1.807) is 18.2 Å². The molecule has 1 aromatic heterocycles. The van der Waals surface area contributed by atoms with E-state index in [-0.39, 0.29) is 22.9 Å². The van der Waals surface area contributed by atoms with Crippen molar-refractivity contribution >= 4 is 34.2 Å². The van der Waals surface area contributed by atoms with Crippen LogP contribution in [0, 0.1) is 10.1 Å². The third-order valence-electron chi connectivity index (χ3n) is 3.35. The van der Waals surface area contributed by atoms with Crippen molar-refractivity contribution in [3.63, 3.8) is 0 Å². The molecule has 0 aliphatic heterocycles. The molecule has 0 unspecified atom stereocenters. The number of carbonyl (C=O) groups excluding carboxylic acids is 1. The minimum Gasteiger partial charge on any atom is -0.465 e. The van der Waals surface area contributed by atoms with Gasteiger partial charge in [0.25, 0.3) is 0 Å². The molecular weight excluding hydrogens is 350 g/mol. The van der Waals surface area contributed by atoms with E-state index in [0.29, 0.717) is 15.9 Å². The van der Waals surface area contributed by atoms with E-state index < -0.39 is 10.9 Å². The molecule has 25 heavy (non-hydrogen) atoms. The Morgan fingerprint density at radius 2 is 2.00 bits per heavy atom. The lowest BCUT2D eigenvalue weighted by Gasteiger charge is -2.09. The maximum absolute atomic E-state index is 11.7. The summed E-state index contributed by atoms with van der Waals surface area (Å²) in [5, 5.41) is 12.2. The molecule has 2 aromatic carbocycles. The minimum absolute atomic E-state index is 0.104. The Balaban J connectivity index is 2.10. The van der Waals surface area contributed by atoms with Crippen molar-refractivity contribution in [1.29, 1.82) is 0 Å². The van der Waals surface area contributed by atoms with Crippen LogP contribution >= 0.6 is 11.6 Å². The van der Waals surface area contributed by atoms with Gasteiger partial charge in [-0.05, 0) is 24.3 Å². The van der Waals surface area contributed by atoms with Crippen LogP contribution in [0.4, 0.5) is 5.69 Å². The van der Waals surface area contributed by atoms with Crippen LogP contribution in [0.2, 0.25) is 5.02 Å². The van der Waals surface area contributed by atoms with Crippen LogP contribution in [-0.4, -0.2) is 28.0 Å². The molecule has 0 aliphatic carbocycles. The van der Waals surface area contributed by atoms with Crippen LogP contribution in [0.1, 0.15) is 10.4 Å². The average Bonchev–Trinajstić information content (AvgIpc) is 2.60. The SMILES string of the molecule is COC(=O)c1ccc([N+](=O)[O-])c(Oc2ncnc3cc(Cl)ccc23)c1. The van der Waals surface area contributed by atoms with Crippen molar-refractivity contribution in [3.05, 3.63) is 63.4 Å². The Bertz CT molecular complexity index is 993. The van der Waals surface area contributed by atoms with Gasteiger partial charge in [0, 0.05) is 17.2 Å². The molecule has 0 bridgehead atoms. The predicted molar refractivity (Wildman–Crippen MR) is 89.1 cm³/mol. The maximum atomic E-state index is 11.7. The van der Waals surface area contributed by atoms with E-state index in [4.69, 9.17) is 16.3 Å². The Kier molecular flexibility index (Phi) is 4.44. The van der Waals surface area contributed by atoms with Crippen molar-refractivity contribution in [2.75, 3.05) is 7.11 Å². The third kappa shape index (κ3) is 3.33. The van der Waals surface area contributed by atoms with Crippen molar-refractivity contribution in [3.8, 4) is 11.6 Å². The monoisotopic (exact) mass is 359 g/mol. The summed E-state index contributed by atoms with van der Waals surface area (Å²) in [7, 11) is 1.21. The number of hydrogen-bond donors (Lipinski definition) is 0. The van der Waals surface area contributed by atoms with E-state index in [9.17, 15) is 14.9 Å². The van der Waals surface area contributed by atoms with Crippen molar-refractivity contribution in [1.82, 2.24) is 9.97 Å². The second-order valence-electron chi connectivity index (χ2n) is 4.87. The van der Waals surface area contributed by atoms with E-state index >= 15 is 0 Å². The molecule has 3 rings (SSSR count). The van der Waals surface area contributed by atoms with Gasteiger partial charge in [0.15, 0.2) is 0 Å². The zero-order valence-electron chi connectivity index (χ0n) is 12.8. The molecule has 0 amide bonds. The summed E-state index contributed by atoms with van der Waals surface area (Å²) in [6.45, 7) is 0. The van der Waals surface area contributed by atoms with Crippen LogP contribution in [0.25, 0.3) is 10.9 Å². The Hall–Kier alpha value is -3.26. The Morgan fingerprint density at radius 1 is 1.20 bits per heavy atom. The quantitative estimate of drug-likeness (QED) is 0.396. The van der Waals surface area contributed by atoms with Gasteiger partial charge in [-0.1, -0.05) is 11.6 Å². The van der Waals surface area contributed by atoms with Crippen LogP contribution in [0.3, 0.4) is 0 Å². The molecule has 0 saturated carbocycles. The number of esters is 1. The number of nitrogens with zero attached hydrogens (tertiary/aromatic N) is 3. The molecule has 9 heteroatoms. The number of carbonyl (C=O) groups is 1. The first-order valence-corrected chi connectivity index (χ1v) is 7.32. The molecule has 0 fully saturated rings. The van der Waals surface area contributed by atoms with Crippen molar-refractivity contribution in [2.24, 2.45) is 0 Å². The largest absolute Gasteiger partial charge is 0.465 e. The van der Waals surface area contributed by atoms with Crippen LogP contribution in [-0.2, 0) is 4.74 Å². The average molecular weight is 360 g/mol. The summed E-state index contributed by atoms with van der Waals surface area (Å²) >= 11 is 5.93. The predicted octanol–water partition coefficient (Wildman–Crippen LogP) is 3.77. The van der Waals surface area contributed by atoms with Gasteiger partial charge >= 0.3 is 11.7 Å². The first-order chi connectivity index (χ1) is 12.0. The van der Waals surface area contributed by atoms with E-state index in [1.807, 2.05) is 0 Å². The number of nitro groups is 1. The number of fused-ring (bicyclic) bond motifs is 1. The number of rotatable bonds is 4. The number of methoxy groups -OCH3 is 1. The Morgan fingerprint density at radius 3 is 2.72 bits per heavy atom. The second-order valence-corrected chi connectivity index (χ2v) is 5.31. The Labute approximate surface area is 146 Å². The standard InChI is InChI=1S/C16H10ClN3O5/c1-24-16(21)9-2-5-13(20(22)23)14(6-9)25-15-11-4-3-10(17)7-12(11)18-8-19-15/h2-8H,1H3. The molecule has 0 atom stereocenters. The summed E-state index contributed by atoms with van der Waals surface area (Å²) in [4.78, 5) is 30.4. The van der Waals surface area contributed by atoms with Gasteiger partial charge < -0.3 is 9.47 Å². The third-order valence-corrected chi connectivity index (χ3v) is 3.58. The molecule has 0 saturated heterocycles. The lowest BCUT2D eigenvalue weighted by molar-refractivity contribution is -0.385. The van der Waals surface area contributed by atoms with E-state index in [1.165, 1.54) is 31.6 Å². The number of aromatic nitrogens is 2. The van der Waals surface area contributed by atoms with E-state index in [0.717, 1.165) is 0 Å². The fourth-order valence-corrected chi connectivity index (χ4v) is 2.35.